The Kier molecular flexibility index (Phi) is 7.80. The van der Waals surface area contributed by atoms with E-state index in [0.717, 1.165) is 6.66 Å². The number of methoxy groups -OCH3 is 1. The number of ether oxygens (including phenoxy) is 3. The predicted octanol–water partition coefficient (Wildman–Crippen LogP) is -0.395. The lowest BCUT2D eigenvalue weighted by atomic mass is 9.93. The first-order valence-corrected chi connectivity index (χ1v) is 8.57. The Balaban J connectivity index is 2.61. The molecule has 1 rings (SSSR count). The molecule has 0 aliphatic carbocycles. The molecule has 0 bridgehead atoms. The summed E-state index contributed by atoms with van der Waals surface area (Å²) in [7, 11) is 7.14. The smallest absolute Gasteiger partial charge is 0.325 e. The molecule has 0 spiro atoms. The van der Waals surface area contributed by atoms with Crippen LogP contribution in [-0.2, 0) is 28.1 Å². The minimum absolute atomic E-state index is 0.187. The molecule has 2 unspecified atom stereocenters. The topological polar surface area (TPSA) is 86.7 Å². The minimum atomic E-state index is -3.71. The van der Waals surface area contributed by atoms with Crippen LogP contribution in [0.3, 0.4) is 0 Å². The maximum atomic E-state index is 11.5. The molecular formula is C11H23BNO7P. The molecule has 1 saturated heterocycles. The summed E-state index contributed by atoms with van der Waals surface area (Å²) in [5.74, 6) is 0. The van der Waals surface area contributed by atoms with Crippen LogP contribution in [0.4, 0.5) is 0 Å². The molecule has 0 saturated carbocycles. The highest BCUT2D eigenvalue weighted by Crippen LogP contribution is 2.42. The van der Waals surface area contributed by atoms with Crippen molar-refractivity contribution in [2.24, 2.45) is 0 Å². The maximum Gasteiger partial charge on any atom is 0.325 e. The summed E-state index contributed by atoms with van der Waals surface area (Å²) in [5.41, 5.74) is 0. The molecule has 0 aromatic carbocycles. The van der Waals surface area contributed by atoms with Gasteiger partial charge < -0.3 is 19.1 Å². The highest BCUT2D eigenvalue weighted by atomic mass is 31.2. The van der Waals surface area contributed by atoms with Crippen molar-refractivity contribution >= 4 is 15.4 Å². The van der Waals surface area contributed by atoms with Crippen molar-refractivity contribution in [3.8, 4) is 0 Å². The van der Waals surface area contributed by atoms with Gasteiger partial charge in [0.15, 0.2) is 0 Å². The molecule has 1 heterocycles. The third-order valence-corrected chi connectivity index (χ3v) is 3.37. The number of rotatable bonds is 9. The zero-order chi connectivity index (χ0) is 16.0. The van der Waals surface area contributed by atoms with Crippen molar-refractivity contribution in [1.82, 2.24) is 5.06 Å². The van der Waals surface area contributed by atoms with Gasteiger partial charge in [-0.05, 0) is 0 Å². The van der Waals surface area contributed by atoms with Gasteiger partial charge in [0.05, 0.1) is 19.8 Å². The summed E-state index contributed by atoms with van der Waals surface area (Å²) in [6, 6.07) is -0.763. The van der Waals surface area contributed by atoms with E-state index in [9.17, 15) is 9.46 Å². The van der Waals surface area contributed by atoms with Crippen molar-refractivity contribution in [3.63, 3.8) is 0 Å². The van der Waals surface area contributed by atoms with Gasteiger partial charge >= 0.3 is 7.60 Å². The number of hydrogen-bond acceptors (Lipinski definition) is 7. The monoisotopic (exact) mass is 323 g/mol. The third-order valence-electron chi connectivity index (χ3n) is 2.74. The van der Waals surface area contributed by atoms with Gasteiger partial charge in [0.25, 0.3) is 0 Å². The average Bonchev–Trinajstić information content (AvgIpc) is 2.60. The molecule has 10 heteroatoms. The zero-order valence-electron chi connectivity index (χ0n) is 12.8. The van der Waals surface area contributed by atoms with Crippen LogP contribution < -0.4 is 0 Å². The van der Waals surface area contributed by atoms with Crippen LogP contribution in [0, 0.1) is 0 Å². The van der Waals surface area contributed by atoms with E-state index < -0.39 is 31.9 Å². The first-order valence-electron chi connectivity index (χ1n) is 6.55. The van der Waals surface area contributed by atoms with Gasteiger partial charge in [-0.15, -0.1) is 0 Å². The highest BCUT2D eigenvalue weighted by molar-refractivity contribution is 7.51. The lowest BCUT2D eigenvalue weighted by molar-refractivity contribution is -0.144. The normalized spacial score (nSPS) is 32.5. The Hall–Kier alpha value is 0.0149. The molecule has 1 N–H and O–H groups in total. The molecule has 1 fully saturated rings. The van der Waals surface area contributed by atoms with Gasteiger partial charge in [-0.2, -0.15) is 5.06 Å². The molecule has 21 heavy (non-hydrogen) atoms. The van der Waals surface area contributed by atoms with E-state index in [2.05, 4.69) is 0 Å². The minimum Gasteiger partial charge on any atom is -0.382 e. The van der Waals surface area contributed by atoms with Crippen molar-refractivity contribution in [1.29, 1.82) is 0 Å². The Labute approximate surface area is 126 Å². The Bertz CT molecular complexity index is 353. The van der Waals surface area contributed by atoms with Crippen LogP contribution in [0.15, 0.2) is 0 Å². The molecule has 5 atom stereocenters. The molecule has 2 radical (unpaired) electrons. The molecule has 122 valence electrons. The molecule has 8 nitrogen and oxygen atoms in total. The quantitative estimate of drug-likeness (QED) is 0.266. The second-order valence-corrected chi connectivity index (χ2v) is 6.77. The van der Waals surface area contributed by atoms with Crippen LogP contribution in [0.25, 0.3) is 0 Å². The predicted molar refractivity (Wildman–Crippen MR) is 76.3 cm³/mol. The third kappa shape index (κ3) is 6.75. The lowest BCUT2D eigenvalue weighted by Crippen LogP contribution is -2.39. The van der Waals surface area contributed by atoms with Gasteiger partial charge in [0, 0.05) is 33.9 Å². The number of hydroxylamine groups is 2. The van der Waals surface area contributed by atoms with E-state index >= 15 is 0 Å². The van der Waals surface area contributed by atoms with E-state index in [1.807, 2.05) is 0 Å². The fraction of sp³-hybridized carbons (Fsp3) is 1.00. The lowest BCUT2D eigenvalue weighted by Gasteiger charge is -2.25. The van der Waals surface area contributed by atoms with Gasteiger partial charge in [0.1, 0.15) is 26.2 Å². The van der Waals surface area contributed by atoms with Gasteiger partial charge in [-0.25, -0.2) is 0 Å². The summed E-state index contributed by atoms with van der Waals surface area (Å²) in [6.45, 7) is 1.86. The summed E-state index contributed by atoms with van der Waals surface area (Å²) in [6.07, 6.45) is -2.01. The summed E-state index contributed by atoms with van der Waals surface area (Å²) in [5, 5.41) is 1.55. The first kappa shape index (κ1) is 19.1. The summed E-state index contributed by atoms with van der Waals surface area (Å²) >= 11 is 0. The van der Waals surface area contributed by atoms with E-state index in [-0.39, 0.29) is 13.2 Å². The van der Waals surface area contributed by atoms with E-state index in [1.165, 1.54) is 7.11 Å². The number of hydrogen-bond donors (Lipinski definition) is 1. The maximum absolute atomic E-state index is 11.5. The summed E-state index contributed by atoms with van der Waals surface area (Å²) < 4.78 is 32.7. The Morgan fingerprint density at radius 2 is 2.00 bits per heavy atom. The van der Waals surface area contributed by atoms with Gasteiger partial charge in [-0.1, -0.05) is 0 Å². The van der Waals surface area contributed by atoms with Crippen LogP contribution in [-0.4, -0.2) is 89.8 Å². The van der Waals surface area contributed by atoms with E-state index in [1.54, 1.807) is 19.2 Å². The van der Waals surface area contributed by atoms with Crippen LogP contribution in [0.1, 0.15) is 0 Å². The second-order valence-electron chi connectivity index (χ2n) is 4.95. The van der Waals surface area contributed by atoms with Crippen molar-refractivity contribution in [2.45, 2.75) is 24.3 Å². The molecule has 1 aliphatic rings. The van der Waals surface area contributed by atoms with Crippen LogP contribution in [0.5, 0.6) is 0 Å². The number of nitrogens with zero attached hydrogens (tertiary/aromatic N) is 1. The van der Waals surface area contributed by atoms with Crippen LogP contribution in [0.2, 0.25) is 0 Å². The molecule has 0 aromatic rings. The molecule has 0 aromatic heterocycles. The van der Waals surface area contributed by atoms with E-state index in [4.69, 9.17) is 31.4 Å². The zero-order valence-corrected chi connectivity index (χ0v) is 13.7. The van der Waals surface area contributed by atoms with Crippen LogP contribution >= 0.6 is 7.60 Å². The molecular weight excluding hydrogens is 300 g/mol. The highest BCUT2D eigenvalue weighted by Gasteiger charge is 2.45. The molecule has 0 amide bonds. The van der Waals surface area contributed by atoms with Gasteiger partial charge in [-0.3, -0.25) is 13.9 Å². The Morgan fingerprint density at radius 3 is 2.52 bits per heavy atom. The average molecular weight is 323 g/mol. The van der Waals surface area contributed by atoms with Crippen molar-refractivity contribution in [2.75, 3.05) is 47.7 Å². The standard InChI is InChI=1S/C11H23BNO7P/c1-13(2)18-6-5-17-10-9(20-21(4,14)15)8(7-16-3)19-11(10)12/h8-11H,5-7H2,1-4H3,(H,14,15)/t8-,9+,10?,11-/m1/s1. The molecule has 1 aliphatic heterocycles. The SMILES string of the molecule is [B][C@@H]1O[C@H](COC)[C@H](OP(C)(=O)O)C1OCCON(C)C. The summed E-state index contributed by atoms with van der Waals surface area (Å²) in [4.78, 5) is 14.6. The van der Waals surface area contributed by atoms with Crippen molar-refractivity contribution in [3.05, 3.63) is 0 Å². The largest absolute Gasteiger partial charge is 0.382 e. The van der Waals surface area contributed by atoms with Crippen molar-refractivity contribution < 1.29 is 33.0 Å². The second kappa shape index (κ2) is 8.60. The van der Waals surface area contributed by atoms with Gasteiger partial charge in [0.2, 0.25) is 0 Å². The fourth-order valence-electron chi connectivity index (χ4n) is 2.00. The first-order chi connectivity index (χ1) is 9.74. The fourth-order valence-corrected chi connectivity index (χ4v) is 2.71. The Morgan fingerprint density at radius 1 is 1.33 bits per heavy atom. The van der Waals surface area contributed by atoms with E-state index in [0.29, 0.717) is 6.61 Å².